The first kappa shape index (κ1) is 22.7. The number of likely N-dealkylation sites (N-methyl/N-ethyl adjacent to an activating group) is 1. The fourth-order valence-electron chi connectivity index (χ4n) is 1.71. The van der Waals surface area contributed by atoms with Crippen molar-refractivity contribution in [2.45, 2.75) is 13.3 Å². The fourth-order valence-corrected chi connectivity index (χ4v) is 1.93. The van der Waals surface area contributed by atoms with Gasteiger partial charge in [0.15, 0.2) is 5.96 Å². The topological polar surface area (TPSA) is 56.7 Å². The molecule has 0 saturated heterocycles. The van der Waals surface area contributed by atoms with Crippen molar-refractivity contribution in [1.82, 2.24) is 15.5 Å². The molecule has 5 nitrogen and oxygen atoms in total. The molecule has 2 N–H and O–H groups in total. The Bertz CT molecular complexity index is 575. The van der Waals surface area contributed by atoms with Gasteiger partial charge in [-0.25, -0.2) is 4.99 Å². The molecule has 0 atom stereocenters. The first-order valence-electron chi connectivity index (χ1n) is 7.49. The summed E-state index contributed by atoms with van der Waals surface area (Å²) in [5, 5.41) is 7.10. The second-order valence-corrected chi connectivity index (χ2v) is 6.01. The van der Waals surface area contributed by atoms with Crippen LogP contribution in [-0.2, 0) is 11.2 Å². The van der Waals surface area contributed by atoms with Gasteiger partial charge in [-0.2, -0.15) is 0 Å². The molecule has 134 valence electrons. The number of nitrogens with zero attached hydrogens (tertiary/aromatic N) is 2. The molecule has 1 amide bonds. The Morgan fingerprint density at radius 3 is 2.62 bits per heavy atom. The maximum atomic E-state index is 11.6. The SMILES string of the molecule is C=C(C)CNC(=NCC(=O)N(C)C)NCCc1cccc(Cl)c1.I. The molecular formula is C17H26ClIN4O. The van der Waals surface area contributed by atoms with Crippen LogP contribution in [0.5, 0.6) is 0 Å². The van der Waals surface area contributed by atoms with Gasteiger partial charge in [0.2, 0.25) is 5.91 Å². The van der Waals surface area contributed by atoms with E-state index in [1.54, 1.807) is 14.1 Å². The second kappa shape index (κ2) is 12.1. The largest absolute Gasteiger partial charge is 0.356 e. The van der Waals surface area contributed by atoms with Crippen LogP contribution in [0.15, 0.2) is 41.4 Å². The number of benzene rings is 1. The van der Waals surface area contributed by atoms with E-state index in [1.165, 1.54) is 4.90 Å². The number of guanidine groups is 1. The van der Waals surface area contributed by atoms with Gasteiger partial charge in [0.25, 0.3) is 0 Å². The lowest BCUT2D eigenvalue weighted by atomic mass is 10.1. The van der Waals surface area contributed by atoms with E-state index in [4.69, 9.17) is 11.6 Å². The zero-order valence-corrected chi connectivity index (χ0v) is 17.5. The Kier molecular flexibility index (Phi) is 11.5. The highest BCUT2D eigenvalue weighted by Crippen LogP contribution is 2.10. The normalized spacial score (nSPS) is 10.6. The lowest BCUT2D eigenvalue weighted by Gasteiger charge is -2.14. The van der Waals surface area contributed by atoms with E-state index in [2.05, 4.69) is 22.2 Å². The van der Waals surface area contributed by atoms with Gasteiger partial charge in [0.05, 0.1) is 0 Å². The van der Waals surface area contributed by atoms with Gasteiger partial charge in [-0.1, -0.05) is 35.9 Å². The molecule has 0 aliphatic carbocycles. The number of nitrogens with one attached hydrogen (secondary N) is 2. The van der Waals surface area contributed by atoms with E-state index < -0.39 is 0 Å². The van der Waals surface area contributed by atoms with Gasteiger partial charge in [0.1, 0.15) is 6.54 Å². The molecule has 0 aromatic heterocycles. The first-order valence-corrected chi connectivity index (χ1v) is 7.87. The first-order chi connectivity index (χ1) is 10.9. The minimum Gasteiger partial charge on any atom is -0.356 e. The molecule has 0 radical (unpaired) electrons. The van der Waals surface area contributed by atoms with Crippen molar-refractivity contribution in [1.29, 1.82) is 0 Å². The maximum absolute atomic E-state index is 11.6. The zero-order chi connectivity index (χ0) is 17.2. The summed E-state index contributed by atoms with van der Waals surface area (Å²) in [5.74, 6) is 0.557. The van der Waals surface area contributed by atoms with E-state index in [-0.39, 0.29) is 36.4 Å². The predicted octanol–water partition coefficient (Wildman–Crippen LogP) is 2.70. The summed E-state index contributed by atoms with van der Waals surface area (Å²) >= 11 is 5.98. The van der Waals surface area contributed by atoms with Crippen molar-refractivity contribution < 1.29 is 4.79 Å². The number of halogens is 2. The standard InChI is InChI=1S/C17H25ClN4O.HI/c1-13(2)11-20-17(21-12-16(23)22(3)4)19-9-8-14-6-5-7-15(18)10-14;/h5-7,10H,1,8-9,11-12H2,2-4H3,(H2,19,20,21);1H. The van der Waals surface area contributed by atoms with Gasteiger partial charge < -0.3 is 15.5 Å². The minimum absolute atomic E-state index is 0. The third kappa shape index (κ3) is 9.77. The molecule has 1 aromatic carbocycles. The fraction of sp³-hybridized carbons (Fsp3) is 0.412. The molecule has 0 bridgehead atoms. The summed E-state index contributed by atoms with van der Waals surface area (Å²) < 4.78 is 0. The Balaban J connectivity index is 0.00000529. The second-order valence-electron chi connectivity index (χ2n) is 5.57. The van der Waals surface area contributed by atoms with Crippen LogP contribution in [0.25, 0.3) is 0 Å². The number of carbonyl (C=O) groups excluding carboxylic acids is 1. The summed E-state index contributed by atoms with van der Waals surface area (Å²) in [5.41, 5.74) is 2.14. The van der Waals surface area contributed by atoms with Crippen LogP contribution in [0.3, 0.4) is 0 Å². The van der Waals surface area contributed by atoms with Crippen molar-refractivity contribution in [3.63, 3.8) is 0 Å². The average Bonchev–Trinajstić information content (AvgIpc) is 2.48. The van der Waals surface area contributed by atoms with E-state index >= 15 is 0 Å². The number of hydrogen-bond donors (Lipinski definition) is 2. The van der Waals surface area contributed by atoms with Gasteiger partial charge in [-0.15, -0.1) is 24.0 Å². The third-order valence-electron chi connectivity index (χ3n) is 3.02. The Hall–Kier alpha value is -1.28. The van der Waals surface area contributed by atoms with E-state index in [9.17, 15) is 4.79 Å². The van der Waals surface area contributed by atoms with Crippen LogP contribution in [0.1, 0.15) is 12.5 Å². The van der Waals surface area contributed by atoms with Gasteiger partial charge >= 0.3 is 0 Å². The molecule has 0 aliphatic heterocycles. The third-order valence-corrected chi connectivity index (χ3v) is 3.26. The number of hydrogen-bond acceptors (Lipinski definition) is 2. The van der Waals surface area contributed by atoms with Gasteiger partial charge in [-0.3, -0.25) is 4.79 Å². The van der Waals surface area contributed by atoms with Crippen molar-refractivity contribution in [3.8, 4) is 0 Å². The van der Waals surface area contributed by atoms with Crippen LogP contribution in [0, 0.1) is 0 Å². The number of aliphatic imine (C=N–C) groups is 1. The molecule has 0 unspecified atom stereocenters. The smallest absolute Gasteiger partial charge is 0.243 e. The van der Waals surface area contributed by atoms with Crippen LogP contribution >= 0.6 is 35.6 Å². The monoisotopic (exact) mass is 464 g/mol. The molecule has 7 heteroatoms. The molecular weight excluding hydrogens is 439 g/mol. The number of carbonyl (C=O) groups is 1. The predicted molar refractivity (Wildman–Crippen MR) is 112 cm³/mol. The van der Waals surface area contributed by atoms with Crippen LogP contribution in [0.2, 0.25) is 5.02 Å². The van der Waals surface area contributed by atoms with Gasteiger partial charge in [0, 0.05) is 32.2 Å². The molecule has 24 heavy (non-hydrogen) atoms. The quantitative estimate of drug-likeness (QED) is 0.282. The highest BCUT2D eigenvalue weighted by Gasteiger charge is 2.04. The summed E-state index contributed by atoms with van der Waals surface area (Å²) in [6.07, 6.45) is 0.815. The summed E-state index contributed by atoms with van der Waals surface area (Å²) in [6.45, 7) is 7.20. The molecule has 0 saturated carbocycles. The summed E-state index contributed by atoms with van der Waals surface area (Å²) in [7, 11) is 3.43. The molecule has 0 aliphatic rings. The summed E-state index contributed by atoms with van der Waals surface area (Å²) in [6, 6.07) is 7.76. The van der Waals surface area contributed by atoms with Crippen LogP contribution < -0.4 is 10.6 Å². The Labute approximate surface area is 166 Å². The van der Waals surface area contributed by atoms with Crippen molar-refractivity contribution in [3.05, 3.63) is 47.0 Å². The van der Waals surface area contributed by atoms with Gasteiger partial charge in [-0.05, 0) is 31.0 Å². The van der Waals surface area contributed by atoms with Crippen molar-refractivity contribution in [2.24, 2.45) is 4.99 Å². The van der Waals surface area contributed by atoms with Crippen LogP contribution in [0.4, 0.5) is 0 Å². The maximum Gasteiger partial charge on any atom is 0.243 e. The zero-order valence-electron chi connectivity index (χ0n) is 14.4. The highest BCUT2D eigenvalue weighted by molar-refractivity contribution is 14.0. The molecule has 0 spiro atoms. The van der Waals surface area contributed by atoms with E-state index in [0.717, 1.165) is 22.6 Å². The molecule has 1 aromatic rings. The summed E-state index contributed by atoms with van der Waals surface area (Å²) in [4.78, 5) is 17.5. The van der Waals surface area contributed by atoms with E-state index in [1.807, 2.05) is 31.2 Å². The number of rotatable bonds is 7. The number of amides is 1. The lowest BCUT2D eigenvalue weighted by Crippen LogP contribution is -2.40. The Morgan fingerprint density at radius 2 is 2.04 bits per heavy atom. The molecule has 1 rings (SSSR count). The average molecular weight is 465 g/mol. The van der Waals surface area contributed by atoms with E-state index in [0.29, 0.717) is 19.0 Å². The van der Waals surface area contributed by atoms with Crippen molar-refractivity contribution in [2.75, 3.05) is 33.7 Å². The molecule has 0 fully saturated rings. The molecule has 0 heterocycles. The Morgan fingerprint density at radius 1 is 1.33 bits per heavy atom. The highest BCUT2D eigenvalue weighted by atomic mass is 127. The minimum atomic E-state index is -0.0451. The lowest BCUT2D eigenvalue weighted by molar-refractivity contribution is -0.127. The van der Waals surface area contributed by atoms with Crippen LogP contribution in [-0.4, -0.2) is 50.5 Å². The van der Waals surface area contributed by atoms with Crippen molar-refractivity contribution >= 4 is 47.4 Å².